The Hall–Kier alpha value is -3.78. The fourth-order valence-corrected chi connectivity index (χ4v) is 4.38. The van der Waals surface area contributed by atoms with Gasteiger partial charge in [0.15, 0.2) is 0 Å². The first-order chi connectivity index (χ1) is 19.2. The van der Waals surface area contributed by atoms with E-state index >= 15 is 0 Å². The van der Waals surface area contributed by atoms with Crippen molar-refractivity contribution in [3.05, 3.63) is 88.2 Å². The normalized spacial score (nSPS) is 12.9. The molecule has 0 spiro atoms. The van der Waals surface area contributed by atoms with Gasteiger partial charge < -0.3 is 15.0 Å². The number of amidine groups is 1. The number of esters is 1. The minimum absolute atomic E-state index is 0.152. The monoisotopic (exact) mass is 576 g/mol. The summed E-state index contributed by atoms with van der Waals surface area (Å²) in [6.45, 7) is 15.0. The molecule has 1 unspecified atom stereocenters. The van der Waals surface area contributed by atoms with Crippen LogP contribution in [0.1, 0.15) is 81.7 Å². The van der Waals surface area contributed by atoms with Gasteiger partial charge in [0.2, 0.25) is 0 Å². The quantitative estimate of drug-likeness (QED) is 0.135. The molecule has 2 aromatic carbocycles. The second-order valence-electron chi connectivity index (χ2n) is 11.0. The fraction of sp³-hybridized carbons (Fsp3) is 0.394. The maximum atomic E-state index is 13.1. The van der Waals surface area contributed by atoms with Crippen LogP contribution in [0.5, 0.6) is 0 Å². The van der Waals surface area contributed by atoms with E-state index in [2.05, 4.69) is 59.5 Å². The third-order valence-corrected chi connectivity index (χ3v) is 7.42. The third kappa shape index (κ3) is 10.6. The van der Waals surface area contributed by atoms with E-state index in [0.717, 1.165) is 10.6 Å². The molecule has 1 atom stereocenters. The highest BCUT2D eigenvalue weighted by Gasteiger charge is 2.23. The molecule has 0 saturated carbocycles. The predicted molar refractivity (Wildman–Crippen MR) is 170 cm³/mol. The molecule has 0 bridgehead atoms. The Bertz CT molecular complexity index is 1350. The Morgan fingerprint density at radius 3 is 2.10 bits per heavy atom. The lowest BCUT2D eigenvalue weighted by atomic mass is 9.99. The number of amides is 1. The molecule has 0 saturated heterocycles. The van der Waals surface area contributed by atoms with Crippen molar-refractivity contribution >= 4 is 29.0 Å². The summed E-state index contributed by atoms with van der Waals surface area (Å²) < 4.78 is 5.45. The first-order valence-electron chi connectivity index (χ1n) is 13.8. The molecule has 220 valence electrons. The maximum absolute atomic E-state index is 13.1. The fourth-order valence-electron chi connectivity index (χ4n) is 3.41. The largest absolute Gasteiger partial charge is 0.457 e. The van der Waals surface area contributed by atoms with Gasteiger partial charge in [0.1, 0.15) is 27.1 Å². The Balaban J connectivity index is 0.000000493. The van der Waals surface area contributed by atoms with Crippen molar-refractivity contribution in [2.45, 2.75) is 73.3 Å². The molecule has 0 radical (unpaired) electrons. The molecule has 41 heavy (non-hydrogen) atoms. The van der Waals surface area contributed by atoms with Gasteiger partial charge in [-0.25, -0.2) is 14.8 Å². The first kappa shape index (κ1) is 33.4. The number of rotatable bonds is 7. The van der Waals surface area contributed by atoms with Crippen LogP contribution in [0.4, 0.5) is 0 Å². The van der Waals surface area contributed by atoms with Gasteiger partial charge in [-0.2, -0.15) is 0 Å². The van der Waals surface area contributed by atoms with E-state index in [-0.39, 0.29) is 17.3 Å². The maximum Gasteiger partial charge on any atom is 0.337 e. The minimum Gasteiger partial charge on any atom is -0.457 e. The van der Waals surface area contributed by atoms with Crippen molar-refractivity contribution in [1.82, 2.24) is 15.2 Å². The number of nitrogens with one attached hydrogen (secondary N) is 1. The molecule has 0 aliphatic heterocycles. The number of carbonyl (C=O) groups excluding carboxylic acids is 2. The number of nitrogens with zero attached hydrogens (tertiary/aromatic N) is 3. The Morgan fingerprint density at radius 1 is 1.02 bits per heavy atom. The van der Waals surface area contributed by atoms with Crippen LogP contribution in [-0.2, 0) is 9.53 Å². The molecule has 3 rings (SSSR count). The topological polar surface area (TPSA) is 83.9 Å². The third-order valence-electron chi connectivity index (χ3n) is 6.22. The highest BCUT2D eigenvalue weighted by Crippen LogP contribution is 2.28. The molecule has 7 nitrogen and oxygen atoms in total. The van der Waals surface area contributed by atoms with Crippen LogP contribution in [0.2, 0.25) is 0 Å². The second-order valence-corrected chi connectivity index (χ2v) is 12.0. The van der Waals surface area contributed by atoms with Crippen LogP contribution in [-0.4, -0.2) is 47.3 Å². The summed E-state index contributed by atoms with van der Waals surface area (Å²) in [6.07, 6.45) is 1.23. The molecule has 0 aliphatic carbocycles. The summed E-state index contributed by atoms with van der Waals surface area (Å²) in [4.78, 5) is 36.9. The number of carbonyl (C=O) groups is 2. The number of thiazole rings is 1. The van der Waals surface area contributed by atoms with Crippen molar-refractivity contribution < 1.29 is 14.3 Å². The number of hydrogen-bond acceptors (Lipinski definition) is 6. The summed E-state index contributed by atoms with van der Waals surface area (Å²) >= 11 is 1.30. The molecule has 1 heterocycles. The van der Waals surface area contributed by atoms with Crippen LogP contribution in [0.3, 0.4) is 0 Å². The van der Waals surface area contributed by atoms with Gasteiger partial charge in [0, 0.05) is 19.7 Å². The van der Waals surface area contributed by atoms with Gasteiger partial charge in [0.25, 0.3) is 5.91 Å². The zero-order valence-corrected chi connectivity index (χ0v) is 26.8. The Labute approximate surface area is 249 Å². The first-order valence-corrected chi connectivity index (χ1v) is 14.6. The molecule has 1 amide bonds. The van der Waals surface area contributed by atoms with E-state index in [0.29, 0.717) is 22.3 Å². The molecule has 8 heteroatoms. The lowest BCUT2D eigenvalue weighted by molar-refractivity contribution is -0.149. The number of aromatic nitrogens is 1. The van der Waals surface area contributed by atoms with Crippen molar-refractivity contribution in [1.29, 1.82) is 0 Å². The molecule has 1 N–H and O–H groups in total. The molecular formula is C33H44N4O3S. The highest BCUT2D eigenvalue weighted by atomic mass is 32.1. The summed E-state index contributed by atoms with van der Waals surface area (Å²) in [5.74, 6) is 0.583. The molecule has 3 aromatic rings. The molecule has 0 aliphatic rings. The predicted octanol–water partition coefficient (Wildman–Crippen LogP) is 7.60. The summed E-state index contributed by atoms with van der Waals surface area (Å²) in [6, 6.07) is 20.3. The van der Waals surface area contributed by atoms with Gasteiger partial charge >= 0.3 is 5.97 Å². The average Bonchev–Trinajstić information content (AvgIpc) is 3.33. The molecular weight excluding hydrogens is 532 g/mol. The van der Waals surface area contributed by atoms with Crippen LogP contribution < -0.4 is 5.32 Å². The second kappa shape index (κ2) is 15.3. The summed E-state index contributed by atoms with van der Waals surface area (Å²) in [7, 11) is 3.67. The number of benzene rings is 2. The zero-order valence-electron chi connectivity index (χ0n) is 26.0. The van der Waals surface area contributed by atoms with Crippen LogP contribution >= 0.6 is 11.3 Å². The summed E-state index contributed by atoms with van der Waals surface area (Å²) in [5.41, 5.74) is 2.56. The summed E-state index contributed by atoms with van der Waals surface area (Å²) in [5, 5.41) is 3.54. The van der Waals surface area contributed by atoms with E-state index in [9.17, 15) is 9.59 Å². The van der Waals surface area contributed by atoms with Gasteiger partial charge in [0.05, 0.1) is 11.3 Å². The van der Waals surface area contributed by atoms with E-state index in [4.69, 9.17) is 4.74 Å². The van der Waals surface area contributed by atoms with E-state index in [1.165, 1.54) is 23.3 Å². The Morgan fingerprint density at radius 2 is 1.59 bits per heavy atom. The molecule has 0 fully saturated rings. The standard InChI is InChI=1S/C23H30N4O3S.C10H14/c1-14(22(29)30-23(4,5)6)19(25-16(3)27(7)8)26-20(28)18-15(2)24-21(31-18)17-12-10-9-11-13-17;1-3-9(2)10-7-5-4-6-8-10/h9-13H,1-8H3,(H,26,28);4-9H,3H2,1-2H3/b19-14-,25-16+;. The number of ether oxygens (including phenoxy) is 1. The molecule has 1 aromatic heterocycles. The zero-order chi connectivity index (χ0) is 30.7. The van der Waals surface area contributed by atoms with Gasteiger partial charge in [-0.05, 0) is 59.4 Å². The van der Waals surface area contributed by atoms with Crippen molar-refractivity contribution in [3.63, 3.8) is 0 Å². The highest BCUT2D eigenvalue weighted by molar-refractivity contribution is 7.17. The van der Waals surface area contributed by atoms with E-state index < -0.39 is 11.6 Å². The van der Waals surface area contributed by atoms with Crippen LogP contribution in [0.25, 0.3) is 10.6 Å². The van der Waals surface area contributed by atoms with Crippen LogP contribution in [0, 0.1) is 6.92 Å². The number of hydrogen-bond donors (Lipinski definition) is 1. The smallest absolute Gasteiger partial charge is 0.337 e. The van der Waals surface area contributed by atoms with E-state index in [1.54, 1.807) is 46.4 Å². The lowest BCUT2D eigenvalue weighted by Gasteiger charge is -2.21. The van der Waals surface area contributed by atoms with Gasteiger partial charge in [-0.15, -0.1) is 11.3 Å². The Kier molecular flexibility index (Phi) is 12.5. The SMILES string of the molecule is C/C(=N\C(NC(=O)c1sc(-c2ccccc2)nc1C)=C(/C)C(=O)OC(C)(C)C)N(C)C.CCC(C)c1ccccc1. The average molecular weight is 577 g/mol. The van der Waals surface area contributed by atoms with Gasteiger partial charge in [-0.1, -0.05) is 74.5 Å². The number of aliphatic imine (C=N–C) groups is 1. The van der Waals surface area contributed by atoms with E-state index in [1.807, 2.05) is 44.4 Å². The minimum atomic E-state index is -0.660. The van der Waals surface area contributed by atoms with Crippen LogP contribution in [0.15, 0.2) is 77.1 Å². The number of aryl methyl sites for hydroxylation is 1. The van der Waals surface area contributed by atoms with Crippen molar-refractivity contribution in [2.75, 3.05) is 14.1 Å². The van der Waals surface area contributed by atoms with Gasteiger partial charge in [-0.3, -0.25) is 4.79 Å². The van der Waals surface area contributed by atoms with Crippen molar-refractivity contribution in [2.24, 2.45) is 4.99 Å². The lowest BCUT2D eigenvalue weighted by Crippen LogP contribution is -2.29. The van der Waals surface area contributed by atoms with Crippen molar-refractivity contribution in [3.8, 4) is 10.6 Å².